The highest BCUT2D eigenvalue weighted by Gasteiger charge is 2.29. The number of halogens is 1. The highest BCUT2D eigenvalue weighted by Crippen LogP contribution is 2.27. The van der Waals surface area contributed by atoms with Crippen molar-refractivity contribution in [2.75, 3.05) is 26.3 Å². The first-order valence-electron chi connectivity index (χ1n) is 7.11. The molecule has 132 valence electrons. The zero-order chi connectivity index (χ0) is 17.9. The van der Waals surface area contributed by atoms with Crippen LogP contribution in [0.25, 0.3) is 0 Å². The van der Waals surface area contributed by atoms with Crippen LogP contribution in [0.3, 0.4) is 0 Å². The fourth-order valence-electron chi connectivity index (χ4n) is 2.04. The molecule has 10 heteroatoms. The lowest BCUT2D eigenvalue weighted by Gasteiger charge is -2.26. The molecule has 1 saturated heterocycles. The molecule has 0 aromatic heterocycles. The number of rotatable bonds is 5. The molecule has 1 aliphatic heterocycles. The Morgan fingerprint density at radius 3 is 2.54 bits per heavy atom. The molecule has 0 bridgehead atoms. The first-order valence-corrected chi connectivity index (χ1v) is 9.34. The molecule has 2 rings (SSSR count). The summed E-state index contributed by atoms with van der Waals surface area (Å²) < 4.78 is 37.1. The van der Waals surface area contributed by atoms with Crippen LogP contribution in [0.2, 0.25) is 0 Å². The fraction of sp³-hybridized carbons (Fsp3) is 0.429. The van der Waals surface area contributed by atoms with Crippen molar-refractivity contribution in [2.45, 2.75) is 17.9 Å². The number of carbonyl (C=O) groups excluding carboxylic acids is 2. The maximum absolute atomic E-state index is 12.7. The number of primary amides is 1. The summed E-state index contributed by atoms with van der Waals surface area (Å²) in [7, 11) is -3.79. The first kappa shape index (κ1) is 18.8. The Morgan fingerprint density at radius 1 is 1.33 bits per heavy atom. The number of morpholine rings is 1. The Morgan fingerprint density at radius 2 is 1.96 bits per heavy atom. The number of sulfonamides is 1. The quantitative estimate of drug-likeness (QED) is 0.693. The van der Waals surface area contributed by atoms with Crippen LogP contribution in [0.4, 0.5) is 0 Å². The number of benzene rings is 1. The van der Waals surface area contributed by atoms with Crippen LogP contribution in [0.15, 0.2) is 27.6 Å². The van der Waals surface area contributed by atoms with E-state index >= 15 is 0 Å². The molecule has 1 aromatic rings. The van der Waals surface area contributed by atoms with Crippen LogP contribution in [-0.4, -0.2) is 57.0 Å². The van der Waals surface area contributed by atoms with Crippen molar-refractivity contribution in [1.82, 2.24) is 4.31 Å². The van der Waals surface area contributed by atoms with Gasteiger partial charge in [-0.3, -0.25) is 4.79 Å². The average Bonchev–Trinajstić information content (AvgIpc) is 2.55. The Balaban J connectivity index is 2.31. The van der Waals surface area contributed by atoms with Crippen molar-refractivity contribution >= 4 is 37.8 Å². The van der Waals surface area contributed by atoms with Gasteiger partial charge in [-0.25, -0.2) is 13.2 Å². The van der Waals surface area contributed by atoms with Gasteiger partial charge in [-0.1, -0.05) is 0 Å². The molecule has 1 atom stereocenters. The number of ether oxygens (including phenoxy) is 2. The van der Waals surface area contributed by atoms with Crippen molar-refractivity contribution in [3.63, 3.8) is 0 Å². The summed E-state index contributed by atoms with van der Waals surface area (Å²) in [5.41, 5.74) is 5.06. The Labute approximate surface area is 148 Å². The van der Waals surface area contributed by atoms with Gasteiger partial charge in [-0.15, -0.1) is 0 Å². The van der Waals surface area contributed by atoms with E-state index in [-0.39, 0.29) is 23.5 Å². The topological polar surface area (TPSA) is 116 Å². The van der Waals surface area contributed by atoms with Crippen LogP contribution >= 0.6 is 15.9 Å². The molecule has 1 amide bonds. The summed E-state index contributed by atoms with van der Waals surface area (Å²) in [5, 5.41) is 0. The third kappa shape index (κ3) is 4.12. The summed E-state index contributed by atoms with van der Waals surface area (Å²) >= 11 is 3.19. The van der Waals surface area contributed by atoms with E-state index in [1.165, 1.54) is 29.4 Å². The maximum Gasteiger partial charge on any atom is 0.338 e. The maximum atomic E-state index is 12.7. The number of esters is 1. The Bertz CT molecular complexity index is 746. The molecule has 0 saturated carbocycles. The second-order valence-corrected chi connectivity index (χ2v) is 7.87. The predicted octanol–water partition coefficient (Wildman–Crippen LogP) is 0.501. The fourth-order valence-corrected chi connectivity index (χ4v) is 4.40. The molecule has 0 aliphatic carbocycles. The van der Waals surface area contributed by atoms with Crippen molar-refractivity contribution in [3.8, 4) is 0 Å². The molecular weight excluding hydrogens is 404 g/mol. The van der Waals surface area contributed by atoms with E-state index in [4.69, 9.17) is 15.2 Å². The SMILES string of the molecule is C[C@H](OC(=O)c1ccc(Br)c(S(=O)(=O)N2CCOCC2)c1)C(N)=O. The molecule has 0 radical (unpaired) electrons. The minimum Gasteiger partial charge on any atom is -0.449 e. The Hall–Kier alpha value is -1.49. The minimum atomic E-state index is -3.79. The largest absolute Gasteiger partial charge is 0.449 e. The van der Waals surface area contributed by atoms with E-state index in [1.54, 1.807) is 0 Å². The van der Waals surface area contributed by atoms with Gasteiger partial charge in [0.2, 0.25) is 10.0 Å². The second-order valence-electron chi connectivity index (χ2n) is 5.11. The number of nitrogens with zero attached hydrogens (tertiary/aromatic N) is 1. The van der Waals surface area contributed by atoms with Crippen LogP contribution < -0.4 is 5.73 Å². The molecule has 0 spiro atoms. The molecule has 1 aromatic carbocycles. The van der Waals surface area contributed by atoms with Gasteiger partial charge in [-0.2, -0.15) is 4.31 Å². The zero-order valence-corrected chi connectivity index (χ0v) is 15.3. The van der Waals surface area contributed by atoms with E-state index in [0.717, 1.165) is 0 Å². The molecule has 8 nitrogen and oxygen atoms in total. The summed E-state index contributed by atoms with van der Waals surface area (Å²) in [6.45, 7) is 2.44. The summed E-state index contributed by atoms with van der Waals surface area (Å²) in [6.07, 6.45) is -1.11. The number of amides is 1. The lowest BCUT2D eigenvalue weighted by atomic mass is 10.2. The standard InChI is InChI=1S/C14H17BrN2O6S/c1-9(13(16)18)23-14(19)10-2-3-11(15)12(8-10)24(20,21)17-4-6-22-7-5-17/h2-3,8-9H,4-7H2,1H3,(H2,16,18)/t9-/m0/s1. The first-order chi connectivity index (χ1) is 11.2. The van der Waals surface area contributed by atoms with Gasteiger partial charge >= 0.3 is 5.97 Å². The lowest BCUT2D eigenvalue weighted by Crippen LogP contribution is -2.40. The van der Waals surface area contributed by atoms with Gasteiger partial charge in [0.1, 0.15) is 0 Å². The van der Waals surface area contributed by atoms with Gasteiger partial charge in [0.05, 0.1) is 23.7 Å². The number of hydrogen-bond donors (Lipinski definition) is 1. The van der Waals surface area contributed by atoms with Crippen LogP contribution in [0.1, 0.15) is 17.3 Å². The summed E-state index contributed by atoms with van der Waals surface area (Å²) in [5.74, 6) is -1.62. The van der Waals surface area contributed by atoms with Gasteiger partial charge in [-0.05, 0) is 41.1 Å². The minimum absolute atomic E-state index is 0.0122. The molecule has 1 heterocycles. The predicted molar refractivity (Wildman–Crippen MR) is 87.8 cm³/mol. The van der Waals surface area contributed by atoms with Crippen LogP contribution in [0, 0.1) is 0 Å². The van der Waals surface area contributed by atoms with E-state index in [2.05, 4.69) is 15.9 Å². The smallest absolute Gasteiger partial charge is 0.338 e. The number of nitrogens with two attached hydrogens (primary N) is 1. The van der Waals surface area contributed by atoms with Gasteiger partial charge in [0.15, 0.2) is 6.10 Å². The molecule has 1 fully saturated rings. The monoisotopic (exact) mass is 420 g/mol. The van der Waals surface area contributed by atoms with E-state index in [1.807, 2.05) is 0 Å². The second kappa shape index (κ2) is 7.60. The molecule has 1 aliphatic rings. The lowest BCUT2D eigenvalue weighted by molar-refractivity contribution is -0.125. The highest BCUT2D eigenvalue weighted by molar-refractivity contribution is 9.10. The normalized spacial score (nSPS) is 17.2. The highest BCUT2D eigenvalue weighted by atomic mass is 79.9. The van der Waals surface area contributed by atoms with Crippen LogP contribution in [0.5, 0.6) is 0 Å². The number of carbonyl (C=O) groups is 2. The Kier molecular flexibility index (Phi) is 5.97. The van der Waals surface area contributed by atoms with Crippen LogP contribution in [-0.2, 0) is 24.3 Å². The number of hydrogen-bond acceptors (Lipinski definition) is 6. The average molecular weight is 421 g/mol. The van der Waals surface area contributed by atoms with Gasteiger partial charge in [0, 0.05) is 17.6 Å². The zero-order valence-electron chi connectivity index (χ0n) is 12.9. The van der Waals surface area contributed by atoms with E-state index < -0.39 is 28.0 Å². The summed E-state index contributed by atoms with van der Waals surface area (Å²) in [6, 6.07) is 4.06. The van der Waals surface area contributed by atoms with E-state index in [9.17, 15) is 18.0 Å². The summed E-state index contributed by atoms with van der Waals surface area (Å²) in [4.78, 5) is 23.0. The van der Waals surface area contributed by atoms with Gasteiger partial charge < -0.3 is 15.2 Å². The molecular formula is C14H17BrN2O6S. The van der Waals surface area contributed by atoms with Crippen molar-refractivity contribution in [3.05, 3.63) is 28.2 Å². The molecule has 24 heavy (non-hydrogen) atoms. The van der Waals surface area contributed by atoms with Crippen molar-refractivity contribution < 1.29 is 27.5 Å². The molecule has 0 unspecified atom stereocenters. The van der Waals surface area contributed by atoms with Gasteiger partial charge in [0.25, 0.3) is 5.91 Å². The molecule has 2 N–H and O–H groups in total. The van der Waals surface area contributed by atoms with Crippen molar-refractivity contribution in [2.24, 2.45) is 5.73 Å². The van der Waals surface area contributed by atoms with E-state index in [0.29, 0.717) is 17.7 Å². The third-order valence-electron chi connectivity index (χ3n) is 3.44. The third-order valence-corrected chi connectivity index (χ3v) is 6.33. The van der Waals surface area contributed by atoms with Crippen molar-refractivity contribution in [1.29, 1.82) is 0 Å².